The van der Waals surface area contributed by atoms with Crippen molar-refractivity contribution >= 4 is 5.91 Å². The molecule has 1 heterocycles. The first-order valence-corrected chi connectivity index (χ1v) is 5.73. The molecule has 1 aromatic rings. The zero-order valence-corrected chi connectivity index (χ0v) is 9.35. The Kier molecular flexibility index (Phi) is 3.24. The van der Waals surface area contributed by atoms with Crippen molar-refractivity contribution in [1.29, 1.82) is 0 Å². The first-order valence-electron chi connectivity index (χ1n) is 5.73. The summed E-state index contributed by atoms with van der Waals surface area (Å²) in [4.78, 5) is 11.9. The minimum Gasteiger partial charge on any atom is -0.354 e. The highest BCUT2D eigenvalue weighted by atomic mass is 16.2. The lowest BCUT2D eigenvalue weighted by atomic mass is 9.68. The SMILES string of the molecule is NCC1(C(=O)NCCn2cccn2)CCC1. The van der Waals surface area contributed by atoms with Crippen molar-refractivity contribution in [3.05, 3.63) is 18.5 Å². The van der Waals surface area contributed by atoms with Gasteiger partial charge < -0.3 is 11.1 Å². The average molecular weight is 222 g/mol. The van der Waals surface area contributed by atoms with Gasteiger partial charge in [-0.15, -0.1) is 0 Å². The van der Waals surface area contributed by atoms with Gasteiger partial charge in [-0.1, -0.05) is 6.42 Å². The molecule has 1 aliphatic rings. The maximum atomic E-state index is 11.9. The number of carbonyl (C=O) groups is 1. The van der Waals surface area contributed by atoms with Crippen LogP contribution in [-0.2, 0) is 11.3 Å². The molecule has 1 saturated carbocycles. The topological polar surface area (TPSA) is 72.9 Å². The van der Waals surface area contributed by atoms with E-state index < -0.39 is 0 Å². The molecule has 5 nitrogen and oxygen atoms in total. The third-order valence-corrected chi connectivity index (χ3v) is 3.37. The van der Waals surface area contributed by atoms with E-state index in [1.54, 1.807) is 10.9 Å². The number of hydrogen-bond acceptors (Lipinski definition) is 3. The lowest BCUT2D eigenvalue weighted by molar-refractivity contribution is -0.135. The molecule has 0 aromatic carbocycles. The molecule has 0 atom stereocenters. The number of nitrogens with two attached hydrogens (primary N) is 1. The van der Waals surface area contributed by atoms with Crippen molar-refractivity contribution in [3.8, 4) is 0 Å². The van der Waals surface area contributed by atoms with Gasteiger partial charge in [-0.25, -0.2) is 0 Å². The molecule has 0 saturated heterocycles. The van der Waals surface area contributed by atoms with E-state index in [9.17, 15) is 4.79 Å². The third kappa shape index (κ3) is 2.09. The van der Waals surface area contributed by atoms with Crippen LogP contribution >= 0.6 is 0 Å². The van der Waals surface area contributed by atoms with Gasteiger partial charge in [0.15, 0.2) is 0 Å². The predicted octanol–water partition coefficient (Wildman–Crippen LogP) is 0.128. The van der Waals surface area contributed by atoms with Crippen molar-refractivity contribution in [1.82, 2.24) is 15.1 Å². The van der Waals surface area contributed by atoms with Crippen LogP contribution in [0.15, 0.2) is 18.5 Å². The Balaban J connectivity index is 1.75. The minimum absolute atomic E-state index is 0.105. The van der Waals surface area contributed by atoms with Crippen molar-refractivity contribution in [2.45, 2.75) is 25.8 Å². The number of amides is 1. The Morgan fingerprint density at radius 2 is 2.38 bits per heavy atom. The van der Waals surface area contributed by atoms with E-state index in [1.165, 1.54) is 0 Å². The molecule has 1 aromatic heterocycles. The molecule has 0 spiro atoms. The van der Waals surface area contributed by atoms with Crippen molar-refractivity contribution in [2.24, 2.45) is 11.1 Å². The Labute approximate surface area is 95.0 Å². The zero-order chi connectivity index (χ0) is 11.4. The fraction of sp³-hybridized carbons (Fsp3) is 0.636. The summed E-state index contributed by atoms with van der Waals surface area (Å²) >= 11 is 0. The van der Waals surface area contributed by atoms with Crippen LogP contribution in [0.3, 0.4) is 0 Å². The molecule has 1 aliphatic carbocycles. The van der Waals surface area contributed by atoms with Crippen LogP contribution < -0.4 is 11.1 Å². The van der Waals surface area contributed by atoms with E-state index in [1.807, 2.05) is 12.3 Å². The third-order valence-electron chi connectivity index (χ3n) is 3.37. The summed E-state index contributed by atoms with van der Waals surface area (Å²) < 4.78 is 1.80. The number of nitrogens with zero attached hydrogens (tertiary/aromatic N) is 2. The van der Waals surface area contributed by atoms with E-state index in [4.69, 9.17) is 5.73 Å². The lowest BCUT2D eigenvalue weighted by Crippen LogP contribution is -2.50. The fourth-order valence-electron chi connectivity index (χ4n) is 2.03. The van der Waals surface area contributed by atoms with E-state index in [2.05, 4.69) is 10.4 Å². The van der Waals surface area contributed by atoms with Crippen LogP contribution in [0.1, 0.15) is 19.3 Å². The standard InChI is InChI=1S/C11H18N4O/c12-9-11(3-1-4-11)10(16)13-6-8-15-7-2-5-14-15/h2,5,7H,1,3-4,6,8-9,12H2,(H,13,16). The molecule has 0 radical (unpaired) electrons. The fourth-order valence-corrected chi connectivity index (χ4v) is 2.03. The maximum absolute atomic E-state index is 11.9. The van der Waals surface area contributed by atoms with Crippen LogP contribution in [0.25, 0.3) is 0 Å². The van der Waals surface area contributed by atoms with E-state index in [0.29, 0.717) is 19.6 Å². The number of hydrogen-bond donors (Lipinski definition) is 2. The number of nitrogens with one attached hydrogen (secondary N) is 1. The first kappa shape index (κ1) is 11.1. The predicted molar refractivity (Wildman–Crippen MR) is 60.6 cm³/mol. The molecule has 1 amide bonds. The van der Waals surface area contributed by atoms with Crippen LogP contribution in [0.5, 0.6) is 0 Å². The minimum atomic E-state index is -0.274. The normalized spacial score (nSPS) is 17.8. The smallest absolute Gasteiger partial charge is 0.227 e. The lowest BCUT2D eigenvalue weighted by Gasteiger charge is -2.39. The second-order valence-corrected chi connectivity index (χ2v) is 4.36. The van der Waals surface area contributed by atoms with E-state index in [0.717, 1.165) is 19.3 Å². The zero-order valence-electron chi connectivity index (χ0n) is 9.35. The van der Waals surface area contributed by atoms with Gasteiger partial charge in [0, 0.05) is 25.5 Å². The van der Waals surface area contributed by atoms with Gasteiger partial charge in [0.05, 0.1) is 12.0 Å². The Morgan fingerprint density at radius 1 is 1.56 bits per heavy atom. The largest absolute Gasteiger partial charge is 0.354 e. The highest BCUT2D eigenvalue weighted by Gasteiger charge is 2.42. The summed E-state index contributed by atoms with van der Waals surface area (Å²) in [6.45, 7) is 1.78. The van der Waals surface area contributed by atoms with Gasteiger partial charge in [-0.3, -0.25) is 9.48 Å². The molecule has 5 heteroatoms. The highest BCUT2D eigenvalue weighted by molar-refractivity contribution is 5.83. The quantitative estimate of drug-likeness (QED) is 0.743. The number of carbonyl (C=O) groups excluding carboxylic acids is 1. The van der Waals surface area contributed by atoms with Gasteiger partial charge >= 0.3 is 0 Å². The maximum Gasteiger partial charge on any atom is 0.227 e. The van der Waals surface area contributed by atoms with Crippen molar-refractivity contribution in [2.75, 3.05) is 13.1 Å². The molecule has 2 rings (SSSR count). The molecule has 1 fully saturated rings. The molecule has 0 unspecified atom stereocenters. The Bertz CT molecular complexity index is 337. The van der Waals surface area contributed by atoms with Crippen LogP contribution in [0.2, 0.25) is 0 Å². The Hall–Kier alpha value is -1.36. The monoisotopic (exact) mass is 222 g/mol. The van der Waals surface area contributed by atoms with Crippen LogP contribution in [0.4, 0.5) is 0 Å². The summed E-state index contributed by atoms with van der Waals surface area (Å²) in [5.41, 5.74) is 5.38. The van der Waals surface area contributed by atoms with Gasteiger partial charge in [0.2, 0.25) is 5.91 Å². The molecule has 16 heavy (non-hydrogen) atoms. The summed E-state index contributed by atoms with van der Waals surface area (Å²) in [5, 5.41) is 7.01. The van der Waals surface area contributed by atoms with Crippen molar-refractivity contribution < 1.29 is 4.79 Å². The average Bonchev–Trinajstić information content (AvgIpc) is 2.70. The number of rotatable bonds is 5. The van der Waals surface area contributed by atoms with Gasteiger partial charge in [-0.2, -0.15) is 5.10 Å². The molecule has 3 N–H and O–H groups in total. The molecule has 88 valence electrons. The van der Waals surface area contributed by atoms with Gasteiger partial charge in [-0.05, 0) is 18.9 Å². The van der Waals surface area contributed by atoms with Crippen LogP contribution in [-0.4, -0.2) is 28.8 Å². The van der Waals surface area contributed by atoms with E-state index in [-0.39, 0.29) is 11.3 Å². The summed E-state index contributed by atoms with van der Waals surface area (Å²) in [5.74, 6) is 0.105. The summed E-state index contributed by atoms with van der Waals surface area (Å²) in [6.07, 6.45) is 6.58. The summed E-state index contributed by atoms with van der Waals surface area (Å²) in [6, 6.07) is 1.87. The van der Waals surface area contributed by atoms with E-state index >= 15 is 0 Å². The van der Waals surface area contributed by atoms with Gasteiger partial charge in [0.25, 0.3) is 0 Å². The molecular weight excluding hydrogens is 204 g/mol. The Morgan fingerprint density at radius 3 is 2.88 bits per heavy atom. The summed E-state index contributed by atoms with van der Waals surface area (Å²) in [7, 11) is 0. The first-order chi connectivity index (χ1) is 7.77. The highest BCUT2D eigenvalue weighted by Crippen LogP contribution is 2.39. The molecular formula is C11H18N4O. The number of aromatic nitrogens is 2. The van der Waals surface area contributed by atoms with Gasteiger partial charge in [0.1, 0.15) is 0 Å². The van der Waals surface area contributed by atoms with Crippen molar-refractivity contribution in [3.63, 3.8) is 0 Å². The molecule has 0 bridgehead atoms. The second-order valence-electron chi connectivity index (χ2n) is 4.36. The second kappa shape index (κ2) is 4.65. The molecule has 0 aliphatic heterocycles. The van der Waals surface area contributed by atoms with Crippen LogP contribution in [0, 0.1) is 5.41 Å².